The zero-order valence-electron chi connectivity index (χ0n) is 12.8. The number of benzene rings is 1. The van der Waals surface area contributed by atoms with E-state index in [2.05, 4.69) is 0 Å². The fourth-order valence-corrected chi connectivity index (χ4v) is 1.86. The number of rotatable bonds is 7. The van der Waals surface area contributed by atoms with Gasteiger partial charge in [-0.05, 0) is 24.1 Å². The monoisotopic (exact) mass is 404 g/mol. The third-order valence-corrected chi connectivity index (χ3v) is 3.49. The predicted molar refractivity (Wildman–Crippen MR) is 67.2 cm³/mol. The molecule has 0 atom stereocenters. The number of methoxy groups -OCH3 is 1. The molecule has 0 aromatic heterocycles. The lowest BCUT2D eigenvalue weighted by Gasteiger charge is -2.37. The Bertz CT molecular complexity index is 604. The summed E-state index contributed by atoms with van der Waals surface area (Å²) >= 11 is 0. The first-order valence-electron chi connectivity index (χ1n) is 6.72. The molecule has 0 heterocycles. The van der Waals surface area contributed by atoms with Gasteiger partial charge in [-0.25, -0.2) is 0 Å². The van der Waals surface area contributed by atoms with Crippen molar-refractivity contribution in [3.8, 4) is 5.75 Å². The second-order valence-electron chi connectivity index (χ2n) is 5.27. The molecular formula is C14H11F11O. The molecule has 1 nitrogen and oxygen atoms in total. The van der Waals surface area contributed by atoms with E-state index in [0.717, 1.165) is 12.1 Å². The highest BCUT2D eigenvalue weighted by Crippen LogP contribution is 2.58. The standard InChI is InChI=1S/C14H11F11O/c1-26-9-4-2-8(3-5-9)6-7-10(15,16)11(17,18)12(19,20)13(21,22)14(23,24)25/h2-5H,6-7H2,1H3. The van der Waals surface area contributed by atoms with E-state index in [-0.39, 0.29) is 11.3 Å². The molecular weight excluding hydrogens is 393 g/mol. The molecule has 0 saturated carbocycles. The van der Waals surface area contributed by atoms with E-state index >= 15 is 0 Å². The number of ether oxygens (including phenoxy) is 1. The summed E-state index contributed by atoms with van der Waals surface area (Å²) in [5.74, 6) is -27.3. The zero-order chi connectivity index (χ0) is 20.6. The quantitative estimate of drug-likeness (QED) is 0.528. The molecule has 1 aromatic carbocycles. The van der Waals surface area contributed by atoms with Gasteiger partial charge in [-0.1, -0.05) is 12.1 Å². The summed E-state index contributed by atoms with van der Waals surface area (Å²) in [7, 11) is 1.26. The van der Waals surface area contributed by atoms with Gasteiger partial charge in [0.25, 0.3) is 0 Å². The average Bonchev–Trinajstić information content (AvgIpc) is 2.51. The second-order valence-corrected chi connectivity index (χ2v) is 5.27. The van der Waals surface area contributed by atoms with Gasteiger partial charge in [0.2, 0.25) is 0 Å². The summed E-state index contributed by atoms with van der Waals surface area (Å²) in [6, 6.07) is 4.65. The van der Waals surface area contributed by atoms with E-state index in [9.17, 15) is 48.3 Å². The van der Waals surface area contributed by atoms with Crippen LogP contribution in [0.15, 0.2) is 24.3 Å². The molecule has 0 spiro atoms. The Hall–Kier alpha value is -1.75. The molecule has 0 amide bonds. The van der Waals surface area contributed by atoms with E-state index < -0.39 is 42.7 Å². The van der Waals surface area contributed by atoms with Gasteiger partial charge in [0.15, 0.2) is 0 Å². The molecule has 1 rings (SSSR count). The van der Waals surface area contributed by atoms with Gasteiger partial charge in [0.05, 0.1) is 7.11 Å². The first-order chi connectivity index (χ1) is 11.5. The first kappa shape index (κ1) is 22.3. The molecule has 150 valence electrons. The molecule has 0 N–H and O–H groups in total. The van der Waals surface area contributed by atoms with Crippen molar-refractivity contribution in [2.45, 2.75) is 42.7 Å². The SMILES string of the molecule is COc1ccc(CCC(F)(F)C(F)(F)C(F)(F)C(F)(F)C(F)(F)F)cc1. The van der Waals surface area contributed by atoms with Crippen LogP contribution in [0, 0.1) is 0 Å². The van der Waals surface area contributed by atoms with Crippen LogP contribution in [-0.4, -0.2) is 37.0 Å². The molecule has 0 saturated heterocycles. The smallest absolute Gasteiger partial charge is 0.460 e. The van der Waals surface area contributed by atoms with Crippen molar-refractivity contribution in [2.75, 3.05) is 7.11 Å². The van der Waals surface area contributed by atoms with E-state index in [0.29, 0.717) is 0 Å². The fraction of sp³-hybridized carbons (Fsp3) is 0.571. The van der Waals surface area contributed by atoms with Crippen LogP contribution in [0.25, 0.3) is 0 Å². The Morgan fingerprint density at radius 3 is 1.54 bits per heavy atom. The lowest BCUT2D eigenvalue weighted by Crippen LogP contribution is -2.66. The molecule has 1 aromatic rings. The number of alkyl halides is 11. The first-order valence-corrected chi connectivity index (χ1v) is 6.72. The zero-order valence-corrected chi connectivity index (χ0v) is 12.8. The van der Waals surface area contributed by atoms with Crippen molar-refractivity contribution in [1.82, 2.24) is 0 Å². The van der Waals surface area contributed by atoms with Gasteiger partial charge in [-0.2, -0.15) is 48.3 Å². The molecule has 26 heavy (non-hydrogen) atoms. The van der Waals surface area contributed by atoms with Gasteiger partial charge in [0, 0.05) is 6.42 Å². The van der Waals surface area contributed by atoms with Crippen LogP contribution < -0.4 is 4.74 Å². The third kappa shape index (κ3) is 3.68. The van der Waals surface area contributed by atoms with Gasteiger partial charge < -0.3 is 4.74 Å². The van der Waals surface area contributed by atoms with Crippen LogP contribution in [0.1, 0.15) is 12.0 Å². The van der Waals surface area contributed by atoms with Crippen LogP contribution in [0.2, 0.25) is 0 Å². The van der Waals surface area contributed by atoms with Crippen LogP contribution in [0.4, 0.5) is 48.3 Å². The number of hydrogen-bond acceptors (Lipinski definition) is 1. The number of halogens is 11. The molecule has 0 unspecified atom stereocenters. The molecule has 0 bridgehead atoms. The Kier molecular flexibility index (Phi) is 5.80. The molecule has 0 radical (unpaired) electrons. The highest BCUT2D eigenvalue weighted by atomic mass is 19.4. The van der Waals surface area contributed by atoms with Gasteiger partial charge in [-0.3, -0.25) is 0 Å². The lowest BCUT2D eigenvalue weighted by molar-refractivity contribution is -0.422. The fourth-order valence-electron chi connectivity index (χ4n) is 1.86. The van der Waals surface area contributed by atoms with Crippen molar-refractivity contribution in [1.29, 1.82) is 0 Å². The van der Waals surface area contributed by atoms with Crippen molar-refractivity contribution < 1.29 is 53.0 Å². The van der Waals surface area contributed by atoms with Gasteiger partial charge in [0.1, 0.15) is 5.75 Å². The van der Waals surface area contributed by atoms with E-state index in [1.54, 1.807) is 0 Å². The van der Waals surface area contributed by atoms with Crippen molar-refractivity contribution in [3.63, 3.8) is 0 Å². The third-order valence-electron chi connectivity index (χ3n) is 3.49. The summed E-state index contributed by atoms with van der Waals surface area (Å²) in [4.78, 5) is 0. The van der Waals surface area contributed by atoms with Crippen molar-refractivity contribution >= 4 is 0 Å². The second kappa shape index (κ2) is 6.76. The van der Waals surface area contributed by atoms with Crippen LogP contribution in [0.3, 0.4) is 0 Å². The van der Waals surface area contributed by atoms with E-state index in [1.165, 1.54) is 19.2 Å². The molecule has 0 aliphatic rings. The highest BCUT2D eigenvalue weighted by Gasteiger charge is 2.86. The van der Waals surface area contributed by atoms with Crippen LogP contribution in [0.5, 0.6) is 5.75 Å². The maximum atomic E-state index is 13.5. The minimum atomic E-state index is -7.36. The van der Waals surface area contributed by atoms with Crippen molar-refractivity contribution in [2.24, 2.45) is 0 Å². The van der Waals surface area contributed by atoms with Crippen molar-refractivity contribution in [3.05, 3.63) is 29.8 Å². The topological polar surface area (TPSA) is 9.23 Å². The largest absolute Gasteiger partial charge is 0.497 e. The Morgan fingerprint density at radius 1 is 0.692 bits per heavy atom. The van der Waals surface area contributed by atoms with Crippen LogP contribution in [-0.2, 0) is 6.42 Å². The van der Waals surface area contributed by atoms with Crippen LogP contribution >= 0.6 is 0 Å². The molecule has 0 aliphatic heterocycles. The average molecular weight is 404 g/mol. The minimum absolute atomic E-state index is 0.0767. The number of hydrogen-bond donors (Lipinski definition) is 0. The van der Waals surface area contributed by atoms with Gasteiger partial charge in [-0.15, -0.1) is 0 Å². The minimum Gasteiger partial charge on any atom is -0.497 e. The molecule has 0 aliphatic carbocycles. The maximum absolute atomic E-state index is 13.5. The summed E-state index contributed by atoms with van der Waals surface area (Å²) in [6.07, 6.45) is -10.2. The number of aryl methyl sites for hydroxylation is 1. The summed E-state index contributed by atoms with van der Waals surface area (Å²) in [5.41, 5.74) is -0.0767. The molecule has 12 heteroatoms. The van der Waals surface area contributed by atoms with E-state index in [4.69, 9.17) is 4.74 Å². The Labute approximate surface area is 139 Å². The predicted octanol–water partition coefficient (Wildman–Crippen LogP) is 5.73. The Balaban J connectivity index is 3.07. The summed E-state index contributed by atoms with van der Waals surface area (Å²) < 4.78 is 146. The Morgan fingerprint density at radius 2 is 1.15 bits per heavy atom. The normalized spacial score (nSPS) is 14.5. The summed E-state index contributed by atoms with van der Waals surface area (Å²) in [5, 5.41) is 0. The van der Waals surface area contributed by atoms with E-state index in [1.807, 2.05) is 0 Å². The lowest BCUT2D eigenvalue weighted by atomic mass is 9.94. The van der Waals surface area contributed by atoms with Gasteiger partial charge >= 0.3 is 29.9 Å². The summed E-state index contributed by atoms with van der Waals surface area (Å²) in [6.45, 7) is 0. The highest BCUT2D eigenvalue weighted by molar-refractivity contribution is 5.27. The molecule has 0 fully saturated rings. The maximum Gasteiger partial charge on any atom is 0.460 e.